The average molecular weight is 385 g/mol. The first-order chi connectivity index (χ1) is 13.3. The van der Waals surface area contributed by atoms with Crippen LogP contribution in [0.15, 0.2) is 34.4 Å². The molecule has 0 bridgehead atoms. The van der Waals surface area contributed by atoms with Crippen molar-refractivity contribution < 1.29 is 5.11 Å². The molecule has 0 unspecified atom stereocenters. The minimum Gasteiger partial charge on any atom is -0.388 e. The lowest BCUT2D eigenvalue weighted by atomic mass is 9.64. The van der Waals surface area contributed by atoms with Gasteiger partial charge in [0.15, 0.2) is 0 Å². The Labute approximate surface area is 174 Å². The Morgan fingerprint density at radius 2 is 1.82 bits per heavy atom. The standard InChI is InChI=1S/C27H44O/c1-19(2)9-6-11-21(4)24-16-17-25-22(12-8-18-27(24,25)5)14-15-23-20(3)10-7-13-26(23)28/h14-15,19,21,24,26,28H,6-13,16-18H2,1-5H3/b15-14-/t21-,24-,26+,27-/m1/s1. The van der Waals surface area contributed by atoms with E-state index in [0.29, 0.717) is 5.41 Å². The van der Waals surface area contributed by atoms with E-state index in [1.165, 1.54) is 62.5 Å². The summed E-state index contributed by atoms with van der Waals surface area (Å²) in [4.78, 5) is 0. The third-order valence-corrected chi connectivity index (χ3v) is 8.22. The Morgan fingerprint density at radius 1 is 1.04 bits per heavy atom. The van der Waals surface area contributed by atoms with Crippen molar-refractivity contribution in [3.05, 3.63) is 34.4 Å². The van der Waals surface area contributed by atoms with E-state index in [4.69, 9.17) is 0 Å². The van der Waals surface area contributed by atoms with E-state index in [2.05, 4.69) is 46.8 Å². The Kier molecular flexibility index (Phi) is 7.29. The molecule has 1 saturated carbocycles. The van der Waals surface area contributed by atoms with Crippen molar-refractivity contribution in [3.63, 3.8) is 0 Å². The zero-order valence-electron chi connectivity index (χ0n) is 19.2. The summed E-state index contributed by atoms with van der Waals surface area (Å²) in [6.07, 6.45) is 18.4. The molecule has 4 atom stereocenters. The van der Waals surface area contributed by atoms with E-state index in [9.17, 15) is 5.11 Å². The highest BCUT2D eigenvalue weighted by molar-refractivity contribution is 5.40. The van der Waals surface area contributed by atoms with Crippen molar-refractivity contribution in [3.8, 4) is 0 Å². The molecule has 1 fully saturated rings. The predicted octanol–water partition coefficient (Wildman–Crippen LogP) is 7.76. The Balaban J connectivity index is 1.75. The summed E-state index contributed by atoms with van der Waals surface area (Å²) in [5, 5.41) is 10.4. The van der Waals surface area contributed by atoms with Gasteiger partial charge in [-0.25, -0.2) is 0 Å². The zero-order chi connectivity index (χ0) is 20.3. The minimum atomic E-state index is -0.247. The Hall–Kier alpha value is -0.820. The van der Waals surface area contributed by atoms with Crippen LogP contribution in [0.4, 0.5) is 0 Å². The van der Waals surface area contributed by atoms with Gasteiger partial charge in [0.2, 0.25) is 0 Å². The second kappa shape index (κ2) is 9.33. The Morgan fingerprint density at radius 3 is 2.54 bits per heavy atom. The highest BCUT2D eigenvalue weighted by atomic mass is 16.3. The van der Waals surface area contributed by atoms with Crippen LogP contribution < -0.4 is 0 Å². The number of hydrogen-bond donors (Lipinski definition) is 1. The van der Waals surface area contributed by atoms with E-state index in [1.54, 1.807) is 11.1 Å². The van der Waals surface area contributed by atoms with Crippen LogP contribution in [0.2, 0.25) is 0 Å². The third-order valence-electron chi connectivity index (χ3n) is 8.22. The topological polar surface area (TPSA) is 20.2 Å². The fourth-order valence-electron chi connectivity index (χ4n) is 6.52. The molecular weight excluding hydrogens is 340 g/mol. The number of rotatable bonds is 7. The summed E-state index contributed by atoms with van der Waals surface area (Å²) in [6, 6.07) is 0. The lowest BCUT2D eigenvalue weighted by Gasteiger charge is -2.40. The lowest BCUT2D eigenvalue weighted by Crippen LogP contribution is -2.31. The molecule has 0 aromatic rings. The van der Waals surface area contributed by atoms with Gasteiger partial charge in [0.25, 0.3) is 0 Å². The van der Waals surface area contributed by atoms with Crippen LogP contribution in [0.25, 0.3) is 0 Å². The molecule has 3 rings (SSSR count). The molecule has 0 radical (unpaired) electrons. The maximum absolute atomic E-state index is 10.4. The highest BCUT2D eigenvalue weighted by Gasteiger charge is 2.46. The predicted molar refractivity (Wildman–Crippen MR) is 121 cm³/mol. The fourth-order valence-corrected chi connectivity index (χ4v) is 6.52. The van der Waals surface area contributed by atoms with Crippen molar-refractivity contribution in [1.29, 1.82) is 0 Å². The van der Waals surface area contributed by atoms with Gasteiger partial charge in [-0.15, -0.1) is 0 Å². The van der Waals surface area contributed by atoms with E-state index in [1.807, 2.05) is 0 Å². The van der Waals surface area contributed by atoms with Gasteiger partial charge in [0.1, 0.15) is 0 Å². The van der Waals surface area contributed by atoms with Gasteiger partial charge in [0.05, 0.1) is 6.10 Å². The first kappa shape index (κ1) is 21.9. The molecule has 3 aliphatic carbocycles. The zero-order valence-corrected chi connectivity index (χ0v) is 19.2. The van der Waals surface area contributed by atoms with Crippen molar-refractivity contribution in [2.24, 2.45) is 23.2 Å². The van der Waals surface area contributed by atoms with Gasteiger partial charge in [0, 0.05) is 0 Å². The molecule has 0 aliphatic heterocycles. The molecule has 0 spiro atoms. The van der Waals surface area contributed by atoms with E-state index < -0.39 is 0 Å². The number of hydrogen-bond acceptors (Lipinski definition) is 1. The number of aliphatic hydroxyl groups excluding tert-OH is 1. The third kappa shape index (κ3) is 4.66. The normalized spacial score (nSPS) is 32.5. The Bertz CT molecular complexity index is 635. The number of fused-ring (bicyclic) bond motifs is 1. The maximum Gasteiger partial charge on any atom is 0.0789 e. The van der Waals surface area contributed by atoms with Crippen molar-refractivity contribution in [1.82, 2.24) is 0 Å². The average Bonchev–Trinajstić information content (AvgIpc) is 2.98. The molecule has 1 N–H and O–H groups in total. The first-order valence-corrected chi connectivity index (χ1v) is 12.1. The van der Waals surface area contributed by atoms with Crippen LogP contribution in [-0.4, -0.2) is 11.2 Å². The quantitative estimate of drug-likeness (QED) is 0.475. The second-order valence-corrected chi connectivity index (χ2v) is 10.7. The molecule has 1 heteroatoms. The van der Waals surface area contributed by atoms with E-state index >= 15 is 0 Å². The highest BCUT2D eigenvalue weighted by Crippen LogP contribution is 2.58. The first-order valence-electron chi connectivity index (χ1n) is 12.1. The van der Waals surface area contributed by atoms with Crippen LogP contribution in [0, 0.1) is 23.2 Å². The van der Waals surface area contributed by atoms with Gasteiger partial charge >= 0.3 is 0 Å². The summed E-state index contributed by atoms with van der Waals surface area (Å²) >= 11 is 0. The molecule has 158 valence electrons. The SMILES string of the molecule is CC1=C(/C=C\C2=C3CC[C@H]([C@H](C)CCCC(C)C)[C@@]3(C)CCC2)[C@@H](O)CCC1. The van der Waals surface area contributed by atoms with Crippen LogP contribution in [0.3, 0.4) is 0 Å². The molecule has 1 nitrogen and oxygen atoms in total. The van der Waals surface area contributed by atoms with Crippen molar-refractivity contribution in [2.45, 2.75) is 111 Å². The van der Waals surface area contributed by atoms with Gasteiger partial charge < -0.3 is 5.11 Å². The van der Waals surface area contributed by atoms with E-state index in [0.717, 1.165) is 37.0 Å². The van der Waals surface area contributed by atoms with Crippen molar-refractivity contribution in [2.75, 3.05) is 0 Å². The summed E-state index contributed by atoms with van der Waals surface area (Å²) in [6.45, 7) is 12.0. The smallest absolute Gasteiger partial charge is 0.0789 e. The van der Waals surface area contributed by atoms with Gasteiger partial charge in [-0.1, -0.05) is 70.3 Å². The van der Waals surface area contributed by atoms with Crippen LogP contribution in [0.1, 0.15) is 105 Å². The van der Waals surface area contributed by atoms with Gasteiger partial charge in [-0.3, -0.25) is 0 Å². The minimum absolute atomic E-state index is 0.247. The summed E-state index contributed by atoms with van der Waals surface area (Å²) in [7, 11) is 0. The summed E-state index contributed by atoms with van der Waals surface area (Å²) in [5.41, 5.74) is 6.37. The monoisotopic (exact) mass is 384 g/mol. The van der Waals surface area contributed by atoms with Gasteiger partial charge in [-0.05, 0) is 92.6 Å². The molecule has 0 aromatic carbocycles. The van der Waals surface area contributed by atoms with Crippen molar-refractivity contribution >= 4 is 0 Å². The molecule has 0 aromatic heterocycles. The maximum atomic E-state index is 10.4. The largest absolute Gasteiger partial charge is 0.388 e. The van der Waals surface area contributed by atoms with Crippen LogP contribution in [0.5, 0.6) is 0 Å². The van der Waals surface area contributed by atoms with E-state index in [-0.39, 0.29) is 6.10 Å². The number of allylic oxidation sites excluding steroid dienone is 4. The molecule has 3 aliphatic rings. The van der Waals surface area contributed by atoms with Crippen LogP contribution >= 0.6 is 0 Å². The fraction of sp³-hybridized carbons (Fsp3) is 0.778. The summed E-state index contributed by atoms with van der Waals surface area (Å²) in [5.74, 6) is 2.54. The molecular formula is C27H44O. The van der Waals surface area contributed by atoms with Crippen LogP contribution in [-0.2, 0) is 0 Å². The molecule has 0 amide bonds. The second-order valence-electron chi connectivity index (χ2n) is 10.7. The lowest BCUT2D eigenvalue weighted by molar-refractivity contribution is 0.164. The van der Waals surface area contributed by atoms with Gasteiger partial charge in [-0.2, -0.15) is 0 Å². The number of aliphatic hydroxyl groups is 1. The molecule has 28 heavy (non-hydrogen) atoms. The molecule has 0 saturated heterocycles. The molecule has 0 heterocycles. The summed E-state index contributed by atoms with van der Waals surface area (Å²) < 4.78 is 0.